The van der Waals surface area contributed by atoms with Gasteiger partial charge in [0.2, 0.25) is 5.91 Å². The van der Waals surface area contributed by atoms with Crippen LogP contribution in [-0.2, 0) is 11.2 Å². The first-order valence-electron chi connectivity index (χ1n) is 7.20. The fourth-order valence-electron chi connectivity index (χ4n) is 2.67. The normalized spacial score (nSPS) is 12.9. The molecule has 2 aromatic rings. The first kappa shape index (κ1) is 14.3. The van der Waals surface area contributed by atoms with Gasteiger partial charge < -0.3 is 10.2 Å². The molecular formula is C17H17N3O2. The third-order valence-corrected chi connectivity index (χ3v) is 3.86. The monoisotopic (exact) mass is 295 g/mol. The highest BCUT2D eigenvalue weighted by atomic mass is 16.2. The Bertz CT molecular complexity index is 755. The molecule has 112 valence electrons. The lowest BCUT2D eigenvalue weighted by atomic mass is 10.1. The van der Waals surface area contributed by atoms with E-state index in [0.29, 0.717) is 17.9 Å². The lowest BCUT2D eigenvalue weighted by Crippen LogP contribution is -2.25. The molecule has 1 aromatic carbocycles. The van der Waals surface area contributed by atoms with Crippen LogP contribution in [0.3, 0.4) is 0 Å². The molecule has 0 bridgehead atoms. The number of nitrogens with one attached hydrogen (secondary N) is 1. The van der Waals surface area contributed by atoms with E-state index in [1.54, 1.807) is 24.1 Å². The molecule has 5 nitrogen and oxygen atoms in total. The Morgan fingerprint density at radius 3 is 2.82 bits per heavy atom. The topological polar surface area (TPSA) is 62.3 Å². The zero-order valence-corrected chi connectivity index (χ0v) is 12.6. The van der Waals surface area contributed by atoms with Gasteiger partial charge in [-0.1, -0.05) is 6.07 Å². The van der Waals surface area contributed by atoms with Crippen LogP contribution in [0.5, 0.6) is 0 Å². The fourth-order valence-corrected chi connectivity index (χ4v) is 2.67. The lowest BCUT2D eigenvalue weighted by molar-refractivity contribution is -0.116. The summed E-state index contributed by atoms with van der Waals surface area (Å²) in [6.07, 6.45) is 2.43. The Morgan fingerprint density at radius 1 is 1.27 bits per heavy atom. The molecule has 2 heterocycles. The molecule has 0 saturated heterocycles. The molecule has 0 spiro atoms. The van der Waals surface area contributed by atoms with Crippen LogP contribution in [0.15, 0.2) is 36.5 Å². The molecule has 0 fully saturated rings. The Morgan fingerprint density at radius 2 is 2.09 bits per heavy atom. The zero-order chi connectivity index (χ0) is 15.7. The molecule has 0 aliphatic carbocycles. The van der Waals surface area contributed by atoms with Crippen LogP contribution in [0.1, 0.15) is 28.4 Å². The number of nitrogens with zero attached hydrogens (tertiary/aromatic N) is 2. The van der Waals surface area contributed by atoms with Gasteiger partial charge in [-0.05, 0) is 48.7 Å². The van der Waals surface area contributed by atoms with E-state index in [4.69, 9.17) is 0 Å². The summed E-state index contributed by atoms with van der Waals surface area (Å²) < 4.78 is 0. The van der Waals surface area contributed by atoms with Crippen molar-refractivity contribution in [2.75, 3.05) is 16.8 Å². The standard InChI is InChI=1S/C17H17N3O2/c1-11-4-3-8-18-16(11)19-17(22)14-5-6-15-13(10-14)7-9-20(15)12(2)21/h3-6,8,10H,7,9H2,1-2H3,(H,18,19,22). The average molecular weight is 295 g/mol. The van der Waals surface area contributed by atoms with Gasteiger partial charge in [0, 0.05) is 30.9 Å². The summed E-state index contributed by atoms with van der Waals surface area (Å²) in [6.45, 7) is 4.13. The van der Waals surface area contributed by atoms with E-state index in [-0.39, 0.29) is 11.8 Å². The Balaban J connectivity index is 1.83. The summed E-state index contributed by atoms with van der Waals surface area (Å²) in [5, 5.41) is 2.82. The van der Waals surface area contributed by atoms with Gasteiger partial charge in [0.15, 0.2) is 0 Å². The summed E-state index contributed by atoms with van der Waals surface area (Å²) in [7, 11) is 0. The van der Waals surface area contributed by atoms with Crippen molar-refractivity contribution < 1.29 is 9.59 Å². The van der Waals surface area contributed by atoms with E-state index in [2.05, 4.69) is 10.3 Å². The second-order valence-electron chi connectivity index (χ2n) is 5.39. The molecule has 0 atom stereocenters. The minimum atomic E-state index is -0.189. The maximum atomic E-state index is 12.3. The molecule has 22 heavy (non-hydrogen) atoms. The molecule has 1 aliphatic rings. The number of anilines is 2. The number of carbonyl (C=O) groups is 2. The fraction of sp³-hybridized carbons (Fsp3) is 0.235. The van der Waals surface area contributed by atoms with E-state index >= 15 is 0 Å². The second kappa shape index (κ2) is 5.60. The van der Waals surface area contributed by atoms with Gasteiger partial charge in [0.25, 0.3) is 5.91 Å². The lowest BCUT2D eigenvalue weighted by Gasteiger charge is -2.14. The van der Waals surface area contributed by atoms with Gasteiger partial charge in [-0.3, -0.25) is 9.59 Å². The van der Waals surface area contributed by atoms with E-state index in [1.165, 1.54) is 0 Å². The second-order valence-corrected chi connectivity index (χ2v) is 5.39. The van der Waals surface area contributed by atoms with Crippen LogP contribution in [0, 0.1) is 6.92 Å². The van der Waals surface area contributed by atoms with Gasteiger partial charge in [0.1, 0.15) is 5.82 Å². The van der Waals surface area contributed by atoms with Crippen LogP contribution in [0.4, 0.5) is 11.5 Å². The molecule has 5 heteroatoms. The SMILES string of the molecule is CC(=O)N1CCc2cc(C(=O)Nc3ncccc3C)ccc21. The number of hydrogen-bond acceptors (Lipinski definition) is 3. The van der Waals surface area contributed by atoms with Crippen LogP contribution >= 0.6 is 0 Å². The van der Waals surface area contributed by atoms with Crippen molar-refractivity contribution >= 4 is 23.3 Å². The zero-order valence-electron chi connectivity index (χ0n) is 12.6. The number of pyridine rings is 1. The summed E-state index contributed by atoms with van der Waals surface area (Å²) in [5.74, 6) is 0.407. The van der Waals surface area contributed by atoms with Gasteiger partial charge in [-0.2, -0.15) is 0 Å². The first-order chi connectivity index (χ1) is 10.6. The Labute approximate surface area is 129 Å². The number of amides is 2. The quantitative estimate of drug-likeness (QED) is 0.926. The molecular weight excluding hydrogens is 278 g/mol. The molecule has 1 aromatic heterocycles. The highest BCUT2D eigenvalue weighted by molar-refractivity contribution is 6.05. The largest absolute Gasteiger partial charge is 0.312 e. The molecule has 0 radical (unpaired) electrons. The minimum absolute atomic E-state index is 0.0278. The summed E-state index contributed by atoms with van der Waals surface area (Å²) in [5.41, 5.74) is 3.42. The van der Waals surface area contributed by atoms with E-state index in [0.717, 1.165) is 23.2 Å². The first-order valence-corrected chi connectivity index (χ1v) is 7.20. The summed E-state index contributed by atoms with van der Waals surface area (Å²) in [4.78, 5) is 29.8. The smallest absolute Gasteiger partial charge is 0.256 e. The summed E-state index contributed by atoms with van der Waals surface area (Å²) >= 11 is 0. The van der Waals surface area contributed by atoms with Crippen molar-refractivity contribution in [1.29, 1.82) is 0 Å². The van der Waals surface area contributed by atoms with Gasteiger partial charge in [0.05, 0.1) is 0 Å². The maximum absolute atomic E-state index is 12.3. The molecule has 3 rings (SSSR count). The Kier molecular flexibility index (Phi) is 3.63. The number of carbonyl (C=O) groups excluding carboxylic acids is 2. The van der Waals surface area contributed by atoms with Crippen LogP contribution in [0.25, 0.3) is 0 Å². The molecule has 2 amide bonds. The van der Waals surface area contributed by atoms with E-state index in [9.17, 15) is 9.59 Å². The van der Waals surface area contributed by atoms with Crippen molar-refractivity contribution in [2.24, 2.45) is 0 Å². The van der Waals surface area contributed by atoms with Crippen molar-refractivity contribution in [3.63, 3.8) is 0 Å². The Hall–Kier alpha value is -2.69. The molecule has 1 N–H and O–H groups in total. The predicted octanol–water partition coefficient (Wildman–Crippen LogP) is 2.55. The van der Waals surface area contributed by atoms with Crippen molar-refractivity contribution in [3.8, 4) is 0 Å². The highest BCUT2D eigenvalue weighted by Gasteiger charge is 2.23. The summed E-state index contributed by atoms with van der Waals surface area (Å²) in [6, 6.07) is 9.16. The average Bonchev–Trinajstić information content (AvgIpc) is 2.92. The van der Waals surface area contributed by atoms with Crippen LogP contribution < -0.4 is 10.2 Å². The number of hydrogen-bond donors (Lipinski definition) is 1. The molecule has 1 aliphatic heterocycles. The van der Waals surface area contributed by atoms with E-state index < -0.39 is 0 Å². The van der Waals surface area contributed by atoms with Crippen LogP contribution in [0.2, 0.25) is 0 Å². The minimum Gasteiger partial charge on any atom is -0.312 e. The van der Waals surface area contributed by atoms with Gasteiger partial charge >= 0.3 is 0 Å². The number of rotatable bonds is 2. The van der Waals surface area contributed by atoms with Crippen molar-refractivity contribution in [3.05, 3.63) is 53.2 Å². The van der Waals surface area contributed by atoms with Gasteiger partial charge in [-0.25, -0.2) is 4.98 Å². The maximum Gasteiger partial charge on any atom is 0.256 e. The van der Waals surface area contributed by atoms with Crippen molar-refractivity contribution in [2.45, 2.75) is 20.3 Å². The third kappa shape index (κ3) is 2.57. The third-order valence-electron chi connectivity index (χ3n) is 3.86. The molecule has 0 unspecified atom stereocenters. The number of aromatic nitrogens is 1. The highest BCUT2D eigenvalue weighted by Crippen LogP contribution is 2.29. The van der Waals surface area contributed by atoms with E-state index in [1.807, 2.05) is 31.2 Å². The molecule has 0 saturated carbocycles. The predicted molar refractivity (Wildman–Crippen MR) is 85.1 cm³/mol. The number of benzene rings is 1. The van der Waals surface area contributed by atoms with Crippen LogP contribution in [-0.4, -0.2) is 23.3 Å². The van der Waals surface area contributed by atoms with Gasteiger partial charge in [-0.15, -0.1) is 0 Å². The number of fused-ring (bicyclic) bond motifs is 1. The van der Waals surface area contributed by atoms with Crippen molar-refractivity contribution in [1.82, 2.24) is 4.98 Å². The number of aryl methyl sites for hydroxylation is 1.